The van der Waals surface area contributed by atoms with Crippen LogP contribution in [-0.4, -0.2) is 53.8 Å². The topological polar surface area (TPSA) is 128 Å². The zero-order valence-corrected chi connectivity index (χ0v) is 15.3. The van der Waals surface area contributed by atoms with Gasteiger partial charge in [-0.15, -0.1) is 0 Å². The Kier molecular flexibility index (Phi) is 5.12. The molecule has 144 valence electrons. The van der Waals surface area contributed by atoms with E-state index < -0.39 is 5.97 Å². The number of hydrogen-bond acceptors (Lipinski definition) is 4. The number of anilines is 1. The quantitative estimate of drug-likeness (QED) is 0.533. The molecule has 0 aromatic heterocycles. The van der Waals surface area contributed by atoms with Gasteiger partial charge in [0, 0.05) is 36.0 Å². The molecule has 0 unspecified atom stereocenters. The number of nitrogens with two attached hydrogens (primary N) is 1. The molecule has 0 radical (unpaired) electrons. The molecule has 1 heterocycles. The second-order valence-electron chi connectivity index (χ2n) is 6.57. The molecule has 0 saturated carbocycles. The van der Waals surface area contributed by atoms with E-state index in [0.29, 0.717) is 35.3 Å². The second kappa shape index (κ2) is 7.51. The number of carboxylic acid groups (broad SMARTS) is 1. The van der Waals surface area contributed by atoms with Crippen LogP contribution in [0.2, 0.25) is 0 Å². The zero-order valence-electron chi connectivity index (χ0n) is 15.3. The number of rotatable bonds is 5. The highest BCUT2D eigenvalue weighted by molar-refractivity contribution is 6.07. The third kappa shape index (κ3) is 3.71. The molecule has 0 aliphatic carbocycles. The van der Waals surface area contributed by atoms with Gasteiger partial charge in [-0.05, 0) is 54.4 Å². The first kappa shape index (κ1) is 19.1. The molecular formula is C20H20N4O4. The lowest BCUT2D eigenvalue weighted by molar-refractivity contribution is -0.137. The van der Waals surface area contributed by atoms with Gasteiger partial charge in [-0.3, -0.25) is 19.8 Å². The van der Waals surface area contributed by atoms with Crippen LogP contribution >= 0.6 is 0 Å². The summed E-state index contributed by atoms with van der Waals surface area (Å²) in [5.74, 6) is -1.67. The highest BCUT2D eigenvalue weighted by Crippen LogP contribution is 2.23. The van der Waals surface area contributed by atoms with Crippen LogP contribution in [0.25, 0.3) is 0 Å². The molecule has 8 nitrogen and oxygen atoms in total. The summed E-state index contributed by atoms with van der Waals surface area (Å²) in [6.45, 7) is -0.0317. The Labute approximate surface area is 161 Å². The van der Waals surface area contributed by atoms with Crippen LogP contribution in [-0.2, 0) is 11.2 Å². The normalized spacial score (nSPS) is 13.0. The average Bonchev–Trinajstić information content (AvgIpc) is 2.68. The third-order valence-electron chi connectivity index (χ3n) is 4.72. The molecule has 0 fully saturated rings. The van der Waals surface area contributed by atoms with Crippen molar-refractivity contribution in [2.45, 2.75) is 6.42 Å². The molecule has 28 heavy (non-hydrogen) atoms. The SMILES string of the molecule is CN(C(=O)c1ccc2c(c1)CCN(CC(=O)O)C2=O)c1ccc(C(=N)N)cc1. The van der Waals surface area contributed by atoms with E-state index in [9.17, 15) is 14.4 Å². The molecule has 0 bridgehead atoms. The van der Waals surface area contributed by atoms with Gasteiger partial charge < -0.3 is 20.6 Å². The van der Waals surface area contributed by atoms with E-state index in [1.54, 1.807) is 49.5 Å². The lowest BCUT2D eigenvalue weighted by Crippen LogP contribution is -2.41. The first-order chi connectivity index (χ1) is 13.3. The van der Waals surface area contributed by atoms with Crippen LogP contribution in [0.15, 0.2) is 42.5 Å². The number of amides is 2. The predicted octanol–water partition coefficient (Wildman–Crippen LogP) is 1.33. The summed E-state index contributed by atoms with van der Waals surface area (Å²) in [5.41, 5.74) is 8.27. The first-order valence-electron chi connectivity index (χ1n) is 8.64. The van der Waals surface area contributed by atoms with Crippen LogP contribution < -0.4 is 10.6 Å². The van der Waals surface area contributed by atoms with E-state index in [1.807, 2.05) is 0 Å². The van der Waals surface area contributed by atoms with Crippen molar-refractivity contribution in [3.8, 4) is 0 Å². The summed E-state index contributed by atoms with van der Waals surface area (Å²) in [6.07, 6.45) is 0.493. The predicted molar refractivity (Wildman–Crippen MR) is 104 cm³/mol. The van der Waals surface area contributed by atoms with Crippen LogP contribution in [0.3, 0.4) is 0 Å². The van der Waals surface area contributed by atoms with Crippen molar-refractivity contribution in [3.05, 3.63) is 64.7 Å². The molecule has 2 amide bonds. The Morgan fingerprint density at radius 1 is 1.18 bits per heavy atom. The van der Waals surface area contributed by atoms with Gasteiger partial charge in [-0.2, -0.15) is 0 Å². The number of nitrogen functional groups attached to an aromatic ring is 1. The maximum Gasteiger partial charge on any atom is 0.323 e. The Morgan fingerprint density at radius 2 is 1.82 bits per heavy atom. The minimum atomic E-state index is -1.05. The van der Waals surface area contributed by atoms with E-state index in [0.717, 1.165) is 5.56 Å². The third-order valence-corrected chi connectivity index (χ3v) is 4.72. The number of carbonyl (C=O) groups is 3. The molecule has 4 N–H and O–H groups in total. The maximum absolute atomic E-state index is 12.8. The van der Waals surface area contributed by atoms with E-state index in [-0.39, 0.29) is 24.2 Å². The van der Waals surface area contributed by atoms with Crippen LogP contribution in [0.4, 0.5) is 5.69 Å². The molecule has 0 spiro atoms. The first-order valence-corrected chi connectivity index (χ1v) is 8.64. The van der Waals surface area contributed by atoms with Crippen molar-refractivity contribution in [1.82, 2.24) is 4.90 Å². The maximum atomic E-state index is 12.8. The van der Waals surface area contributed by atoms with Crippen molar-refractivity contribution in [3.63, 3.8) is 0 Å². The standard InChI is InChI=1S/C20H20N4O4/c1-23(15-5-2-12(3-6-15)18(21)22)19(27)14-4-7-16-13(10-14)8-9-24(20(16)28)11-17(25)26/h2-7,10H,8-9,11H2,1H3,(H3,21,22)(H,25,26). The van der Waals surface area contributed by atoms with Crippen LogP contribution in [0, 0.1) is 5.41 Å². The second-order valence-corrected chi connectivity index (χ2v) is 6.57. The largest absolute Gasteiger partial charge is 0.480 e. The Hall–Kier alpha value is -3.68. The van der Waals surface area contributed by atoms with E-state index >= 15 is 0 Å². The van der Waals surface area contributed by atoms with E-state index in [2.05, 4.69) is 0 Å². The summed E-state index contributed by atoms with van der Waals surface area (Å²) in [5, 5.41) is 16.3. The lowest BCUT2D eigenvalue weighted by Gasteiger charge is -2.27. The molecule has 0 atom stereocenters. The Bertz CT molecular complexity index is 969. The van der Waals surface area contributed by atoms with Crippen molar-refractivity contribution < 1.29 is 19.5 Å². The molecule has 2 aromatic rings. The van der Waals surface area contributed by atoms with Crippen LogP contribution in [0.5, 0.6) is 0 Å². The van der Waals surface area contributed by atoms with Gasteiger partial charge in [0.1, 0.15) is 12.4 Å². The number of hydrogen-bond donors (Lipinski definition) is 3. The zero-order chi connectivity index (χ0) is 20.4. The number of amidine groups is 1. The van der Waals surface area contributed by atoms with Gasteiger partial charge in [-0.25, -0.2) is 0 Å². The molecule has 8 heteroatoms. The number of aliphatic carboxylic acids is 1. The van der Waals surface area contributed by atoms with Gasteiger partial charge in [0.2, 0.25) is 0 Å². The van der Waals surface area contributed by atoms with E-state index in [4.69, 9.17) is 16.2 Å². The molecule has 1 aliphatic heterocycles. The lowest BCUT2D eigenvalue weighted by atomic mass is 9.96. The summed E-state index contributed by atoms with van der Waals surface area (Å²) in [4.78, 5) is 38.9. The Balaban J connectivity index is 1.81. The molecule has 3 rings (SSSR count). The summed E-state index contributed by atoms with van der Waals surface area (Å²) in [6, 6.07) is 11.6. The van der Waals surface area contributed by atoms with Crippen molar-refractivity contribution in [2.75, 3.05) is 25.0 Å². The number of carboxylic acids is 1. The van der Waals surface area contributed by atoms with Crippen LogP contribution in [0.1, 0.15) is 31.8 Å². The smallest absolute Gasteiger partial charge is 0.323 e. The number of nitrogens with one attached hydrogen (secondary N) is 1. The monoisotopic (exact) mass is 380 g/mol. The Morgan fingerprint density at radius 3 is 2.43 bits per heavy atom. The van der Waals surface area contributed by atoms with E-state index in [1.165, 1.54) is 9.80 Å². The van der Waals surface area contributed by atoms with Gasteiger partial charge in [0.05, 0.1) is 0 Å². The molecule has 0 saturated heterocycles. The number of benzene rings is 2. The van der Waals surface area contributed by atoms with Gasteiger partial charge in [0.25, 0.3) is 11.8 Å². The highest BCUT2D eigenvalue weighted by atomic mass is 16.4. The summed E-state index contributed by atoms with van der Waals surface area (Å²) >= 11 is 0. The summed E-state index contributed by atoms with van der Waals surface area (Å²) < 4.78 is 0. The fourth-order valence-electron chi connectivity index (χ4n) is 3.16. The molecular weight excluding hydrogens is 360 g/mol. The number of carbonyl (C=O) groups excluding carboxylic acids is 2. The molecule has 2 aromatic carbocycles. The van der Waals surface area contributed by atoms with Crippen molar-refractivity contribution in [1.29, 1.82) is 5.41 Å². The van der Waals surface area contributed by atoms with Crippen molar-refractivity contribution >= 4 is 29.3 Å². The number of nitrogens with zero attached hydrogens (tertiary/aromatic N) is 2. The molecule has 1 aliphatic rings. The van der Waals surface area contributed by atoms with Gasteiger partial charge in [-0.1, -0.05) is 0 Å². The minimum Gasteiger partial charge on any atom is -0.480 e. The average molecular weight is 380 g/mol. The van der Waals surface area contributed by atoms with Crippen molar-refractivity contribution in [2.24, 2.45) is 5.73 Å². The highest BCUT2D eigenvalue weighted by Gasteiger charge is 2.27. The van der Waals surface area contributed by atoms with Gasteiger partial charge in [0.15, 0.2) is 0 Å². The van der Waals surface area contributed by atoms with Gasteiger partial charge >= 0.3 is 5.97 Å². The fraction of sp³-hybridized carbons (Fsp3) is 0.200. The summed E-state index contributed by atoms with van der Waals surface area (Å²) in [7, 11) is 1.64. The number of fused-ring (bicyclic) bond motifs is 1. The fourth-order valence-corrected chi connectivity index (χ4v) is 3.16. The minimum absolute atomic E-state index is 0.0446.